The van der Waals surface area contributed by atoms with Crippen molar-refractivity contribution in [3.8, 4) is 0 Å². The Morgan fingerprint density at radius 3 is 2.86 bits per heavy atom. The zero-order valence-electron chi connectivity index (χ0n) is 6.81. The average Bonchev–Trinajstić information content (AvgIpc) is 1.98. The molecule has 1 aliphatic carbocycles. The second-order valence-corrected chi connectivity index (χ2v) is 2.13. The molecular formula is C7H12. The quantitative estimate of drug-likeness (QED) is 0.408. The second kappa shape index (κ2) is 1.69. The Morgan fingerprint density at radius 1 is 2.00 bits per heavy atom. The Labute approximate surface area is 48.0 Å². The molecule has 1 rings (SSSR count). The van der Waals surface area contributed by atoms with E-state index >= 15 is 0 Å². The van der Waals surface area contributed by atoms with Gasteiger partial charge in [-0.25, -0.2) is 0 Å². The molecule has 0 heterocycles. The number of hydrogen-bond donors (Lipinski definition) is 0. The molecule has 3 unspecified atom stereocenters. The Kier molecular flexibility index (Phi) is 0.701. The fraction of sp³-hybridized carbons (Fsp3) is 0.714. The molecule has 0 aromatic rings. The standard InChI is InChI=1S/C7H12/c1-6-3-4-7(2)5-6/h3,7H,4-5H2,1-2H3/i4D,5D. The summed E-state index contributed by atoms with van der Waals surface area (Å²) in [5.74, 6) is 0.199. The van der Waals surface area contributed by atoms with Crippen molar-refractivity contribution in [2.45, 2.75) is 26.6 Å². The summed E-state index contributed by atoms with van der Waals surface area (Å²) >= 11 is 0. The minimum Gasteiger partial charge on any atom is -0.0853 e. The number of allylic oxidation sites excluding steroid dienone is 2. The van der Waals surface area contributed by atoms with Gasteiger partial charge in [0.15, 0.2) is 0 Å². The van der Waals surface area contributed by atoms with Crippen molar-refractivity contribution >= 4 is 0 Å². The largest absolute Gasteiger partial charge is 0.0853 e. The van der Waals surface area contributed by atoms with E-state index in [0.717, 1.165) is 5.57 Å². The number of rotatable bonds is 0. The van der Waals surface area contributed by atoms with E-state index in [9.17, 15) is 0 Å². The van der Waals surface area contributed by atoms with Gasteiger partial charge in [0.25, 0.3) is 0 Å². The summed E-state index contributed by atoms with van der Waals surface area (Å²) in [6.07, 6.45) is 1.63. The average molecular weight is 98.2 g/mol. The third kappa shape index (κ3) is 1.05. The summed E-state index contributed by atoms with van der Waals surface area (Å²) in [4.78, 5) is 0. The van der Waals surface area contributed by atoms with E-state index in [1.807, 2.05) is 19.9 Å². The molecular weight excluding hydrogens is 84.1 g/mol. The minimum atomic E-state index is -0.132. The van der Waals surface area contributed by atoms with E-state index in [0.29, 0.717) is 0 Å². The van der Waals surface area contributed by atoms with Crippen LogP contribution in [0, 0.1) is 5.92 Å². The third-order valence-corrected chi connectivity index (χ3v) is 1.19. The van der Waals surface area contributed by atoms with Crippen LogP contribution in [-0.4, -0.2) is 0 Å². The van der Waals surface area contributed by atoms with Crippen molar-refractivity contribution in [1.29, 1.82) is 0 Å². The second-order valence-electron chi connectivity index (χ2n) is 2.13. The smallest absolute Gasteiger partial charge is 0.0315 e. The van der Waals surface area contributed by atoms with Crippen LogP contribution < -0.4 is 0 Å². The first kappa shape index (κ1) is 2.91. The van der Waals surface area contributed by atoms with E-state index in [2.05, 4.69) is 0 Å². The maximum absolute atomic E-state index is 7.49. The first-order chi connectivity index (χ1) is 4.13. The molecule has 0 nitrogen and oxygen atoms in total. The molecule has 3 atom stereocenters. The summed E-state index contributed by atoms with van der Waals surface area (Å²) in [6.45, 7) is 3.89. The zero-order valence-corrected chi connectivity index (χ0v) is 4.81. The molecule has 0 saturated carbocycles. The van der Waals surface area contributed by atoms with Crippen LogP contribution >= 0.6 is 0 Å². The Bertz CT molecular complexity index is 140. The summed E-state index contributed by atoms with van der Waals surface area (Å²) in [5.41, 5.74) is 1.06. The molecule has 0 aliphatic heterocycles. The van der Waals surface area contributed by atoms with Crippen LogP contribution in [0.3, 0.4) is 0 Å². The zero-order chi connectivity index (χ0) is 7.02. The van der Waals surface area contributed by atoms with Crippen LogP contribution in [0.2, 0.25) is 0 Å². The van der Waals surface area contributed by atoms with Gasteiger partial charge in [0.05, 0.1) is 0 Å². The lowest BCUT2D eigenvalue weighted by Crippen LogP contribution is -1.82. The molecule has 0 radical (unpaired) electrons. The van der Waals surface area contributed by atoms with Gasteiger partial charge in [0.2, 0.25) is 0 Å². The van der Waals surface area contributed by atoms with Gasteiger partial charge in [0.1, 0.15) is 0 Å². The molecule has 0 amide bonds. The SMILES string of the molecule is [2H]C1C=C(C)C([2H])C1C. The van der Waals surface area contributed by atoms with Crippen molar-refractivity contribution < 1.29 is 2.74 Å². The topological polar surface area (TPSA) is 0 Å². The maximum atomic E-state index is 7.49. The molecule has 0 spiro atoms. The highest BCUT2D eigenvalue weighted by Crippen LogP contribution is 2.22. The van der Waals surface area contributed by atoms with E-state index in [1.54, 1.807) is 0 Å². The van der Waals surface area contributed by atoms with Crippen molar-refractivity contribution in [3.63, 3.8) is 0 Å². The van der Waals surface area contributed by atoms with Crippen LogP contribution in [0.25, 0.3) is 0 Å². The van der Waals surface area contributed by atoms with Gasteiger partial charge < -0.3 is 0 Å². The lowest BCUT2D eigenvalue weighted by Gasteiger charge is -1.95. The van der Waals surface area contributed by atoms with Gasteiger partial charge in [-0.05, 0) is 25.6 Å². The maximum Gasteiger partial charge on any atom is 0.0315 e. The first-order valence-electron chi connectivity index (χ1n) is 3.81. The van der Waals surface area contributed by atoms with Crippen molar-refractivity contribution in [1.82, 2.24) is 0 Å². The van der Waals surface area contributed by atoms with Gasteiger partial charge in [0, 0.05) is 2.74 Å². The highest BCUT2D eigenvalue weighted by atomic mass is 14.1. The molecule has 0 saturated heterocycles. The lowest BCUT2D eigenvalue weighted by atomic mass is 10.1. The molecule has 0 aromatic carbocycles. The predicted octanol–water partition coefficient (Wildman–Crippen LogP) is 2.36. The predicted molar refractivity (Wildman–Crippen MR) is 32.2 cm³/mol. The van der Waals surface area contributed by atoms with Crippen LogP contribution in [0.1, 0.15) is 29.4 Å². The summed E-state index contributed by atoms with van der Waals surface area (Å²) in [6, 6.07) is 0. The molecule has 7 heavy (non-hydrogen) atoms. The van der Waals surface area contributed by atoms with Crippen LogP contribution in [0.15, 0.2) is 11.6 Å². The third-order valence-electron chi connectivity index (χ3n) is 1.19. The highest BCUT2D eigenvalue weighted by Gasteiger charge is 2.06. The summed E-state index contributed by atoms with van der Waals surface area (Å²) in [5, 5.41) is 0. The first-order valence-corrected chi connectivity index (χ1v) is 2.65. The molecule has 0 heteroatoms. The van der Waals surface area contributed by atoms with Crippen molar-refractivity contribution in [2.75, 3.05) is 0 Å². The fourth-order valence-electron chi connectivity index (χ4n) is 0.829. The van der Waals surface area contributed by atoms with Gasteiger partial charge in [-0.1, -0.05) is 18.6 Å². The van der Waals surface area contributed by atoms with Gasteiger partial charge in [-0.3, -0.25) is 0 Å². The van der Waals surface area contributed by atoms with Gasteiger partial charge >= 0.3 is 0 Å². The Balaban J connectivity index is 2.70. The fourth-order valence-corrected chi connectivity index (χ4v) is 0.829. The number of hydrogen-bond acceptors (Lipinski definition) is 0. The van der Waals surface area contributed by atoms with Crippen LogP contribution in [0.5, 0.6) is 0 Å². The lowest BCUT2D eigenvalue weighted by molar-refractivity contribution is 0.628. The molecule has 0 N–H and O–H groups in total. The van der Waals surface area contributed by atoms with Gasteiger partial charge in [-0.2, -0.15) is 0 Å². The summed E-state index contributed by atoms with van der Waals surface area (Å²) in [7, 11) is 0. The monoisotopic (exact) mass is 98.1 g/mol. The van der Waals surface area contributed by atoms with E-state index in [1.165, 1.54) is 0 Å². The summed E-state index contributed by atoms with van der Waals surface area (Å²) < 4.78 is 14.9. The molecule has 1 aliphatic rings. The van der Waals surface area contributed by atoms with Crippen LogP contribution in [-0.2, 0) is 0 Å². The molecule has 0 fully saturated rings. The van der Waals surface area contributed by atoms with Gasteiger partial charge in [-0.15, -0.1) is 0 Å². The van der Waals surface area contributed by atoms with E-state index in [-0.39, 0.29) is 18.7 Å². The Hall–Kier alpha value is -0.260. The molecule has 40 valence electrons. The molecule has 0 bridgehead atoms. The minimum absolute atomic E-state index is 0.118. The highest BCUT2D eigenvalue weighted by molar-refractivity contribution is 5.05. The van der Waals surface area contributed by atoms with E-state index in [4.69, 9.17) is 2.74 Å². The van der Waals surface area contributed by atoms with Crippen molar-refractivity contribution in [3.05, 3.63) is 11.6 Å². The Morgan fingerprint density at radius 2 is 2.71 bits per heavy atom. The van der Waals surface area contributed by atoms with Crippen LogP contribution in [0.4, 0.5) is 0 Å². The van der Waals surface area contributed by atoms with E-state index < -0.39 is 0 Å². The molecule has 0 aromatic heterocycles. The normalized spacial score (nSPS) is 55.7. The van der Waals surface area contributed by atoms with Crippen molar-refractivity contribution in [2.24, 2.45) is 5.92 Å².